The van der Waals surface area contributed by atoms with E-state index in [1.807, 2.05) is 4.90 Å². The summed E-state index contributed by atoms with van der Waals surface area (Å²) in [4.78, 5) is 25.1. The number of amides is 1. The topological polar surface area (TPSA) is 98.7 Å². The number of rotatable bonds is 8. The van der Waals surface area contributed by atoms with Gasteiger partial charge in [0.15, 0.2) is 18.1 Å². The molecule has 1 heterocycles. The van der Waals surface area contributed by atoms with Crippen molar-refractivity contribution in [1.82, 2.24) is 10.3 Å². The monoisotopic (exact) mass is 443 g/mol. The highest BCUT2D eigenvalue weighted by molar-refractivity contribution is 9.10. The fraction of sp³-hybridized carbons (Fsp3) is 0.471. The van der Waals surface area contributed by atoms with E-state index in [0.717, 1.165) is 13.1 Å². The number of halogens is 1. The molecule has 9 nitrogen and oxygen atoms in total. The van der Waals surface area contributed by atoms with E-state index < -0.39 is 5.97 Å². The Morgan fingerprint density at radius 3 is 2.70 bits per heavy atom. The lowest BCUT2D eigenvalue weighted by Gasteiger charge is -2.25. The summed E-state index contributed by atoms with van der Waals surface area (Å²) in [5.74, 6) is 0.0996. The number of methoxy groups -OCH3 is 2. The van der Waals surface area contributed by atoms with E-state index in [9.17, 15) is 9.59 Å². The molecule has 0 radical (unpaired) electrons. The van der Waals surface area contributed by atoms with Crippen LogP contribution in [0, 0.1) is 0 Å². The number of morpholine rings is 1. The molecule has 0 atom stereocenters. The van der Waals surface area contributed by atoms with Crippen LogP contribution in [-0.4, -0.2) is 76.7 Å². The van der Waals surface area contributed by atoms with Crippen molar-refractivity contribution in [3.05, 3.63) is 22.2 Å². The van der Waals surface area contributed by atoms with Crippen LogP contribution in [0.5, 0.6) is 11.5 Å². The average Bonchev–Trinajstić information content (AvgIpc) is 2.68. The molecule has 0 aromatic heterocycles. The highest BCUT2D eigenvalue weighted by atomic mass is 79.9. The Kier molecular flexibility index (Phi) is 8.49. The molecule has 1 aliphatic rings. The van der Waals surface area contributed by atoms with E-state index in [2.05, 4.69) is 31.2 Å². The first-order valence-corrected chi connectivity index (χ1v) is 9.02. The first kappa shape index (κ1) is 21.1. The Labute approximate surface area is 165 Å². The summed E-state index contributed by atoms with van der Waals surface area (Å²) in [6.07, 6.45) is 1.49. The van der Waals surface area contributed by atoms with Gasteiger partial charge in [-0.15, -0.1) is 0 Å². The van der Waals surface area contributed by atoms with Crippen molar-refractivity contribution in [3.8, 4) is 11.5 Å². The van der Waals surface area contributed by atoms with Gasteiger partial charge in [-0.25, -0.2) is 10.2 Å². The van der Waals surface area contributed by atoms with E-state index in [-0.39, 0.29) is 19.1 Å². The molecular formula is C17H22BrN3O6. The second-order valence-electron chi connectivity index (χ2n) is 5.57. The van der Waals surface area contributed by atoms with Crippen LogP contribution in [0.15, 0.2) is 21.7 Å². The van der Waals surface area contributed by atoms with Crippen molar-refractivity contribution in [2.75, 3.05) is 53.7 Å². The third-order valence-electron chi connectivity index (χ3n) is 3.72. The van der Waals surface area contributed by atoms with Crippen LogP contribution in [0.25, 0.3) is 0 Å². The Morgan fingerprint density at radius 1 is 1.30 bits per heavy atom. The second kappa shape index (κ2) is 10.9. The van der Waals surface area contributed by atoms with Gasteiger partial charge in [-0.1, -0.05) is 0 Å². The number of hydrogen-bond acceptors (Lipinski definition) is 8. The zero-order valence-electron chi connectivity index (χ0n) is 15.2. The standard InChI is InChI=1S/C17H22BrN3O6/c1-24-14-7-12(13(18)8-15(14)27-11-17(23)25-2)9-19-20-16(22)10-21-3-5-26-6-4-21/h7-9H,3-6,10-11H2,1-2H3,(H,20,22)/b19-9+. The number of nitrogens with one attached hydrogen (secondary N) is 1. The maximum absolute atomic E-state index is 11.9. The minimum atomic E-state index is -0.498. The lowest BCUT2D eigenvalue weighted by molar-refractivity contribution is -0.142. The van der Waals surface area contributed by atoms with Crippen molar-refractivity contribution < 1.29 is 28.5 Å². The van der Waals surface area contributed by atoms with Crippen molar-refractivity contribution in [2.45, 2.75) is 0 Å². The molecule has 0 spiro atoms. The van der Waals surface area contributed by atoms with Crippen LogP contribution < -0.4 is 14.9 Å². The number of ether oxygens (including phenoxy) is 4. The largest absolute Gasteiger partial charge is 0.493 e. The maximum Gasteiger partial charge on any atom is 0.343 e. The number of nitrogens with zero attached hydrogens (tertiary/aromatic N) is 2. The van der Waals surface area contributed by atoms with Gasteiger partial charge in [-0.3, -0.25) is 9.69 Å². The third kappa shape index (κ3) is 6.81. The molecule has 0 saturated carbocycles. The third-order valence-corrected chi connectivity index (χ3v) is 4.41. The first-order valence-electron chi connectivity index (χ1n) is 8.22. The molecular weight excluding hydrogens is 422 g/mol. The predicted molar refractivity (Wildman–Crippen MR) is 101 cm³/mol. The van der Waals surface area contributed by atoms with E-state index in [0.29, 0.717) is 34.7 Å². The number of benzene rings is 1. The van der Waals surface area contributed by atoms with Crippen molar-refractivity contribution >= 4 is 34.0 Å². The molecule has 0 unspecified atom stereocenters. The second-order valence-corrected chi connectivity index (χ2v) is 6.43. The summed E-state index contributed by atoms with van der Waals surface area (Å²) < 4.78 is 21.1. The number of hydrogen-bond donors (Lipinski definition) is 1. The molecule has 2 rings (SSSR count). The van der Waals surface area contributed by atoms with Gasteiger partial charge in [0.2, 0.25) is 0 Å². The number of carbonyl (C=O) groups excluding carboxylic acids is 2. The molecule has 0 aliphatic carbocycles. The fourth-order valence-electron chi connectivity index (χ4n) is 2.29. The molecule has 1 aromatic carbocycles. The summed E-state index contributed by atoms with van der Waals surface area (Å²) in [7, 11) is 2.77. The highest BCUT2D eigenvalue weighted by Gasteiger charge is 2.14. The lowest BCUT2D eigenvalue weighted by Crippen LogP contribution is -2.42. The van der Waals surface area contributed by atoms with E-state index in [4.69, 9.17) is 14.2 Å². The minimum Gasteiger partial charge on any atom is -0.493 e. The summed E-state index contributed by atoms with van der Waals surface area (Å²) in [5.41, 5.74) is 3.17. The highest BCUT2D eigenvalue weighted by Crippen LogP contribution is 2.32. The Bertz CT molecular complexity index is 691. The Hall–Kier alpha value is -2.17. The normalized spacial score (nSPS) is 14.8. The molecule has 1 aliphatic heterocycles. The summed E-state index contributed by atoms with van der Waals surface area (Å²) >= 11 is 3.40. The van der Waals surface area contributed by atoms with Crippen LogP contribution in [0.1, 0.15) is 5.56 Å². The van der Waals surface area contributed by atoms with Crippen molar-refractivity contribution in [3.63, 3.8) is 0 Å². The van der Waals surface area contributed by atoms with Crippen LogP contribution in [0.4, 0.5) is 0 Å². The molecule has 27 heavy (non-hydrogen) atoms. The molecule has 1 amide bonds. The summed E-state index contributed by atoms with van der Waals surface area (Å²) in [5, 5.41) is 3.98. The first-order chi connectivity index (χ1) is 13.0. The van der Waals surface area contributed by atoms with Gasteiger partial charge in [0.05, 0.1) is 40.2 Å². The number of carbonyl (C=O) groups is 2. The lowest BCUT2D eigenvalue weighted by atomic mass is 10.2. The zero-order valence-corrected chi connectivity index (χ0v) is 16.8. The number of hydrazone groups is 1. The van der Waals surface area contributed by atoms with Crippen molar-refractivity contribution in [2.24, 2.45) is 5.10 Å². The molecule has 1 saturated heterocycles. The minimum absolute atomic E-state index is 0.200. The van der Waals surface area contributed by atoms with Crippen molar-refractivity contribution in [1.29, 1.82) is 0 Å². The van der Waals surface area contributed by atoms with Gasteiger partial charge >= 0.3 is 5.97 Å². The SMILES string of the molecule is COC(=O)COc1cc(Br)c(/C=N/NC(=O)CN2CCOCC2)cc1OC. The van der Waals surface area contributed by atoms with Crippen LogP contribution in [0.3, 0.4) is 0 Å². The van der Waals surface area contributed by atoms with Gasteiger partial charge in [0.1, 0.15) is 0 Å². The van der Waals surface area contributed by atoms with Gasteiger partial charge in [-0.2, -0.15) is 5.10 Å². The molecule has 148 valence electrons. The predicted octanol–water partition coefficient (Wildman–Crippen LogP) is 0.792. The average molecular weight is 444 g/mol. The quantitative estimate of drug-likeness (QED) is 0.360. The smallest absolute Gasteiger partial charge is 0.343 e. The summed E-state index contributed by atoms with van der Waals surface area (Å²) in [6, 6.07) is 3.33. The van der Waals surface area contributed by atoms with Gasteiger partial charge in [0.25, 0.3) is 5.91 Å². The fourth-order valence-corrected chi connectivity index (χ4v) is 2.71. The van der Waals surface area contributed by atoms with E-state index in [1.165, 1.54) is 20.4 Å². The van der Waals surface area contributed by atoms with Gasteiger partial charge in [0, 0.05) is 23.1 Å². The van der Waals surface area contributed by atoms with E-state index in [1.54, 1.807) is 12.1 Å². The Balaban J connectivity index is 1.95. The Morgan fingerprint density at radius 2 is 2.04 bits per heavy atom. The summed E-state index contributed by atoms with van der Waals surface area (Å²) in [6.45, 7) is 2.76. The maximum atomic E-state index is 11.9. The van der Waals surface area contributed by atoms with Gasteiger partial charge < -0.3 is 18.9 Å². The van der Waals surface area contributed by atoms with Crippen LogP contribution >= 0.6 is 15.9 Å². The molecule has 10 heteroatoms. The van der Waals surface area contributed by atoms with Crippen LogP contribution in [0.2, 0.25) is 0 Å². The molecule has 1 aromatic rings. The molecule has 1 N–H and O–H groups in total. The number of esters is 1. The van der Waals surface area contributed by atoms with Gasteiger partial charge in [-0.05, 0) is 28.1 Å². The van der Waals surface area contributed by atoms with E-state index >= 15 is 0 Å². The molecule has 0 bridgehead atoms. The van der Waals surface area contributed by atoms with Crippen LogP contribution in [-0.2, 0) is 19.1 Å². The zero-order chi connectivity index (χ0) is 19.6. The molecule has 1 fully saturated rings.